The van der Waals surface area contributed by atoms with Crippen molar-refractivity contribution in [1.82, 2.24) is 19.9 Å². The normalized spacial score (nSPS) is 22.4. The fraction of sp³-hybridized carbons (Fsp3) is 0.583. The van der Waals surface area contributed by atoms with E-state index in [1.54, 1.807) is 6.92 Å². The molecule has 4 atom stereocenters. The number of halogens is 2. The predicted molar refractivity (Wildman–Crippen MR) is 136 cm³/mol. The van der Waals surface area contributed by atoms with Gasteiger partial charge in [0.1, 0.15) is 22.4 Å². The van der Waals surface area contributed by atoms with Crippen LogP contribution in [0.2, 0.25) is 0 Å². The SMILES string of the molecule is CCc1cc2sc(-c3c(C)nc(NCC(C)(F)F)nc3N[C@@H]3C[C@H](CO)[C@@H](O)[C@H]3O)nc2c(CC)n1. The summed E-state index contributed by atoms with van der Waals surface area (Å²) in [5.41, 5.74) is 3.76. The minimum absolute atomic E-state index is 0.0114. The van der Waals surface area contributed by atoms with E-state index in [4.69, 9.17) is 9.97 Å². The minimum atomic E-state index is -2.96. The molecule has 36 heavy (non-hydrogen) atoms. The molecule has 1 fully saturated rings. The molecule has 5 N–H and O–H groups in total. The molecule has 0 aliphatic heterocycles. The summed E-state index contributed by atoms with van der Waals surface area (Å²) >= 11 is 1.46. The smallest absolute Gasteiger partial charge is 0.262 e. The van der Waals surface area contributed by atoms with Gasteiger partial charge in [-0.1, -0.05) is 13.8 Å². The maximum Gasteiger partial charge on any atom is 0.262 e. The average Bonchev–Trinajstić information content (AvgIpc) is 3.37. The fourth-order valence-electron chi connectivity index (χ4n) is 4.45. The number of aromatic nitrogens is 4. The van der Waals surface area contributed by atoms with Gasteiger partial charge in [0, 0.05) is 25.1 Å². The Balaban J connectivity index is 1.80. The van der Waals surface area contributed by atoms with E-state index in [0.29, 0.717) is 28.5 Å². The number of alkyl halides is 2. The third-order valence-corrected chi connectivity index (χ3v) is 7.44. The molecule has 3 heterocycles. The van der Waals surface area contributed by atoms with Gasteiger partial charge in [0.15, 0.2) is 0 Å². The minimum Gasteiger partial charge on any atom is -0.396 e. The third kappa shape index (κ3) is 5.41. The van der Waals surface area contributed by atoms with Crippen LogP contribution in [-0.2, 0) is 12.8 Å². The zero-order valence-corrected chi connectivity index (χ0v) is 21.5. The molecular weight excluding hydrogens is 490 g/mol. The van der Waals surface area contributed by atoms with Crippen LogP contribution >= 0.6 is 11.3 Å². The van der Waals surface area contributed by atoms with Gasteiger partial charge < -0.3 is 26.0 Å². The number of anilines is 2. The molecule has 3 aromatic heterocycles. The molecule has 0 unspecified atom stereocenters. The van der Waals surface area contributed by atoms with Crippen molar-refractivity contribution < 1.29 is 24.1 Å². The van der Waals surface area contributed by atoms with Gasteiger partial charge in [-0.05, 0) is 32.3 Å². The summed E-state index contributed by atoms with van der Waals surface area (Å²) in [6.45, 7) is 5.70. The lowest BCUT2D eigenvalue weighted by Gasteiger charge is -2.21. The highest BCUT2D eigenvalue weighted by Crippen LogP contribution is 2.39. The van der Waals surface area contributed by atoms with Crippen LogP contribution in [0.25, 0.3) is 20.8 Å². The molecule has 0 amide bonds. The van der Waals surface area contributed by atoms with Crippen molar-refractivity contribution in [2.45, 2.75) is 71.1 Å². The Morgan fingerprint density at radius 2 is 1.86 bits per heavy atom. The van der Waals surface area contributed by atoms with Crippen LogP contribution in [-0.4, -0.2) is 72.6 Å². The lowest BCUT2D eigenvalue weighted by atomic mass is 10.1. The van der Waals surface area contributed by atoms with Gasteiger partial charge in [-0.2, -0.15) is 4.98 Å². The zero-order valence-electron chi connectivity index (χ0n) is 20.7. The van der Waals surface area contributed by atoms with E-state index in [9.17, 15) is 24.1 Å². The number of pyridine rings is 1. The predicted octanol–water partition coefficient (Wildman–Crippen LogP) is 3.16. The highest BCUT2D eigenvalue weighted by Gasteiger charge is 2.41. The van der Waals surface area contributed by atoms with E-state index < -0.39 is 36.6 Å². The summed E-state index contributed by atoms with van der Waals surface area (Å²) < 4.78 is 27.9. The number of hydrogen-bond acceptors (Lipinski definition) is 10. The second kappa shape index (κ2) is 10.4. The lowest BCUT2D eigenvalue weighted by Crippen LogP contribution is -2.36. The van der Waals surface area contributed by atoms with Crippen molar-refractivity contribution in [3.05, 3.63) is 23.1 Å². The number of aryl methyl sites for hydroxylation is 3. The molecule has 3 aromatic rings. The molecular formula is C24H32F2N6O3S. The molecule has 196 valence electrons. The molecule has 4 rings (SSSR count). The first kappa shape index (κ1) is 26.5. The molecule has 0 aromatic carbocycles. The molecule has 12 heteroatoms. The van der Waals surface area contributed by atoms with E-state index in [2.05, 4.69) is 20.6 Å². The van der Waals surface area contributed by atoms with Gasteiger partial charge >= 0.3 is 0 Å². The topological polar surface area (TPSA) is 136 Å². The van der Waals surface area contributed by atoms with Crippen LogP contribution in [0, 0.1) is 12.8 Å². The first-order chi connectivity index (χ1) is 17.0. The van der Waals surface area contributed by atoms with Gasteiger partial charge in [-0.3, -0.25) is 4.98 Å². The summed E-state index contributed by atoms with van der Waals surface area (Å²) in [6.07, 6.45) is -0.414. The van der Waals surface area contributed by atoms with Crippen molar-refractivity contribution in [1.29, 1.82) is 0 Å². The van der Waals surface area contributed by atoms with Crippen LogP contribution in [0.5, 0.6) is 0 Å². The van der Waals surface area contributed by atoms with E-state index in [1.165, 1.54) is 11.3 Å². The van der Waals surface area contributed by atoms with Gasteiger partial charge in [-0.25, -0.2) is 18.7 Å². The van der Waals surface area contributed by atoms with Gasteiger partial charge in [0.25, 0.3) is 5.92 Å². The van der Waals surface area contributed by atoms with Crippen molar-refractivity contribution in [2.75, 3.05) is 23.8 Å². The Morgan fingerprint density at radius 3 is 2.47 bits per heavy atom. The van der Waals surface area contributed by atoms with Gasteiger partial charge in [0.2, 0.25) is 5.95 Å². The summed E-state index contributed by atoms with van der Waals surface area (Å²) in [6, 6.07) is 1.40. The first-order valence-corrected chi connectivity index (χ1v) is 12.9. The second-order valence-electron chi connectivity index (χ2n) is 9.32. The molecule has 9 nitrogen and oxygen atoms in total. The molecule has 0 saturated heterocycles. The first-order valence-electron chi connectivity index (χ1n) is 12.1. The molecule has 0 spiro atoms. The van der Waals surface area contributed by atoms with Crippen molar-refractivity contribution in [3.8, 4) is 10.6 Å². The number of aliphatic hydroxyl groups is 3. The van der Waals surface area contributed by atoms with E-state index in [1.807, 2.05) is 19.9 Å². The molecule has 1 aliphatic carbocycles. The number of thiazole rings is 1. The zero-order chi connectivity index (χ0) is 26.2. The Kier molecular flexibility index (Phi) is 7.69. The van der Waals surface area contributed by atoms with Crippen LogP contribution in [0.4, 0.5) is 20.5 Å². The quantitative estimate of drug-likeness (QED) is 0.287. The summed E-state index contributed by atoms with van der Waals surface area (Å²) in [4.78, 5) is 18.4. The highest BCUT2D eigenvalue weighted by molar-refractivity contribution is 7.21. The summed E-state index contributed by atoms with van der Waals surface area (Å²) in [5, 5.41) is 36.8. The lowest BCUT2D eigenvalue weighted by molar-refractivity contribution is 0.00446. The maximum atomic E-state index is 13.5. The number of hydrogen-bond donors (Lipinski definition) is 5. The maximum absolute atomic E-state index is 13.5. The number of fused-ring (bicyclic) bond motifs is 1. The van der Waals surface area contributed by atoms with Crippen molar-refractivity contribution >= 4 is 33.3 Å². The number of nitrogens with one attached hydrogen (secondary N) is 2. The van der Waals surface area contributed by atoms with E-state index in [-0.39, 0.29) is 12.6 Å². The van der Waals surface area contributed by atoms with Crippen LogP contribution < -0.4 is 10.6 Å². The fourth-order valence-corrected chi connectivity index (χ4v) is 5.60. The van der Waals surface area contributed by atoms with Crippen LogP contribution in [0.3, 0.4) is 0 Å². The van der Waals surface area contributed by atoms with E-state index >= 15 is 0 Å². The molecule has 1 aliphatic rings. The highest BCUT2D eigenvalue weighted by atomic mass is 32.1. The number of aliphatic hydroxyl groups excluding tert-OH is 3. The Bertz CT molecular complexity index is 1230. The Labute approximate surface area is 212 Å². The Morgan fingerprint density at radius 1 is 1.11 bits per heavy atom. The second-order valence-corrected chi connectivity index (χ2v) is 10.4. The molecule has 0 radical (unpaired) electrons. The third-order valence-electron chi connectivity index (χ3n) is 6.42. The average molecular weight is 523 g/mol. The summed E-state index contributed by atoms with van der Waals surface area (Å²) in [7, 11) is 0. The van der Waals surface area contributed by atoms with Gasteiger partial charge in [-0.15, -0.1) is 11.3 Å². The standard InChI is InChI=1S/C24H32F2N6O3S/c1-5-13-8-16-18(14(6-2)29-13)31-22(36-16)17-11(3)28-23(27-10-24(4,25)26)32-21(17)30-15-7-12(9-33)19(34)20(15)35/h8,12,15,19-20,33-35H,5-7,9-10H2,1-4H3,(H2,27,28,30,32)/t12-,15-,19-,20+/m1/s1. The largest absolute Gasteiger partial charge is 0.396 e. The van der Waals surface area contributed by atoms with Crippen LogP contribution in [0.15, 0.2) is 6.07 Å². The van der Waals surface area contributed by atoms with Crippen LogP contribution in [0.1, 0.15) is 44.3 Å². The number of rotatable bonds is 9. The van der Waals surface area contributed by atoms with Gasteiger partial charge in [0.05, 0.1) is 40.3 Å². The number of nitrogens with zero attached hydrogens (tertiary/aromatic N) is 4. The molecule has 1 saturated carbocycles. The molecule has 0 bridgehead atoms. The van der Waals surface area contributed by atoms with Crippen molar-refractivity contribution in [3.63, 3.8) is 0 Å². The van der Waals surface area contributed by atoms with Crippen molar-refractivity contribution in [2.24, 2.45) is 5.92 Å². The summed E-state index contributed by atoms with van der Waals surface area (Å²) in [5.74, 6) is -3.14. The Hall–Kier alpha value is -2.54. The van der Waals surface area contributed by atoms with E-state index in [0.717, 1.165) is 41.4 Å². The monoisotopic (exact) mass is 522 g/mol.